The minimum Gasteiger partial charge on any atom is -0.370 e. The number of allylic oxidation sites excluding steroid dienone is 1. The Morgan fingerprint density at radius 3 is 3.00 bits per heavy atom. The lowest BCUT2D eigenvalue weighted by molar-refractivity contribution is -0.385. The number of hydrogen-bond acceptors (Lipinski definition) is 4. The van der Waals surface area contributed by atoms with E-state index < -0.39 is 4.92 Å². The third-order valence-electron chi connectivity index (χ3n) is 3.17. The zero-order valence-corrected chi connectivity index (χ0v) is 10.5. The molecule has 5 nitrogen and oxygen atoms in total. The summed E-state index contributed by atoms with van der Waals surface area (Å²) in [6.45, 7) is 2.56. The molecule has 0 saturated carbocycles. The molecule has 0 aliphatic heterocycles. The first kappa shape index (κ1) is 12.5. The van der Waals surface area contributed by atoms with Crippen LogP contribution in [0.15, 0.2) is 23.9 Å². The van der Waals surface area contributed by atoms with Crippen LogP contribution < -0.4 is 5.32 Å². The number of anilines is 1. The van der Waals surface area contributed by atoms with E-state index in [9.17, 15) is 10.1 Å². The second-order valence-corrected chi connectivity index (χ2v) is 4.54. The van der Waals surface area contributed by atoms with Crippen molar-refractivity contribution in [3.63, 3.8) is 0 Å². The van der Waals surface area contributed by atoms with Crippen molar-refractivity contribution in [3.8, 4) is 0 Å². The van der Waals surface area contributed by atoms with Crippen LogP contribution in [0.1, 0.15) is 31.2 Å². The predicted octanol–water partition coefficient (Wildman–Crippen LogP) is 3.21. The second kappa shape index (κ2) is 5.62. The molecule has 0 fully saturated rings. The molecule has 0 unspecified atom stereocenters. The molecule has 2 rings (SSSR count). The topological polar surface area (TPSA) is 68.1 Å². The van der Waals surface area contributed by atoms with Crippen LogP contribution in [0.25, 0.3) is 0 Å². The first-order valence-corrected chi connectivity index (χ1v) is 6.19. The summed E-state index contributed by atoms with van der Waals surface area (Å²) in [6.07, 6.45) is 8.31. The molecule has 0 saturated heterocycles. The molecular weight excluding hydrogens is 230 g/mol. The van der Waals surface area contributed by atoms with Gasteiger partial charge in [0, 0.05) is 12.1 Å². The fourth-order valence-corrected chi connectivity index (χ4v) is 2.15. The third kappa shape index (κ3) is 3.06. The Hall–Kier alpha value is -1.91. The van der Waals surface area contributed by atoms with Crippen molar-refractivity contribution in [2.24, 2.45) is 0 Å². The average Bonchev–Trinajstić information content (AvgIpc) is 2.81. The van der Waals surface area contributed by atoms with Gasteiger partial charge in [-0.1, -0.05) is 11.6 Å². The van der Waals surface area contributed by atoms with E-state index in [1.807, 2.05) is 0 Å². The van der Waals surface area contributed by atoms with Gasteiger partial charge < -0.3 is 5.32 Å². The van der Waals surface area contributed by atoms with Gasteiger partial charge in [-0.3, -0.25) is 10.1 Å². The number of aromatic nitrogens is 1. The number of hydrogen-bond donors (Lipinski definition) is 1. The fraction of sp³-hybridized carbons (Fsp3) is 0.462. The summed E-state index contributed by atoms with van der Waals surface area (Å²) in [4.78, 5) is 14.3. The summed E-state index contributed by atoms with van der Waals surface area (Å²) >= 11 is 0. The zero-order chi connectivity index (χ0) is 13.0. The first-order valence-electron chi connectivity index (χ1n) is 6.19. The molecule has 1 aromatic rings. The van der Waals surface area contributed by atoms with Crippen LogP contribution in [0, 0.1) is 17.0 Å². The highest BCUT2D eigenvalue weighted by molar-refractivity contribution is 5.46. The molecule has 0 bridgehead atoms. The smallest absolute Gasteiger partial charge is 0.290 e. The minimum absolute atomic E-state index is 0.0686. The number of rotatable bonds is 5. The van der Waals surface area contributed by atoms with Crippen LogP contribution in [0.2, 0.25) is 0 Å². The van der Waals surface area contributed by atoms with Crippen molar-refractivity contribution >= 4 is 11.5 Å². The lowest BCUT2D eigenvalue weighted by Crippen LogP contribution is -2.05. The molecule has 0 spiro atoms. The molecular formula is C13H17N3O2. The summed E-state index contributed by atoms with van der Waals surface area (Å²) in [5.74, 6) is 0.705. The summed E-state index contributed by atoms with van der Waals surface area (Å²) in [6, 6.07) is 1.72. The van der Waals surface area contributed by atoms with Crippen molar-refractivity contribution in [2.45, 2.75) is 32.6 Å². The first-order chi connectivity index (χ1) is 8.66. The van der Waals surface area contributed by atoms with Gasteiger partial charge in [0.2, 0.25) is 0 Å². The Balaban J connectivity index is 1.89. The van der Waals surface area contributed by atoms with Gasteiger partial charge in [-0.15, -0.1) is 0 Å². The molecule has 18 heavy (non-hydrogen) atoms. The molecule has 1 N–H and O–H groups in total. The molecule has 0 atom stereocenters. The summed E-state index contributed by atoms with van der Waals surface area (Å²) < 4.78 is 0. The molecule has 5 heteroatoms. The number of nitrogens with zero attached hydrogens (tertiary/aromatic N) is 2. The maximum absolute atomic E-state index is 10.7. The van der Waals surface area contributed by atoms with Crippen molar-refractivity contribution in [2.75, 3.05) is 11.9 Å². The Kier molecular flexibility index (Phi) is 3.92. The fourth-order valence-electron chi connectivity index (χ4n) is 2.15. The standard InChI is InChI=1S/C13H17N3O2/c1-10-8-13(15-9-12(10)16(17)18)14-7-6-11-4-2-3-5-11/h4,8-9H,2-3,5-7H2,1H3,(H,14,15). The average molecular weight is 247 g/mol. The van der Waals surface area contributed by atoms with Gasteiger partial charge >= 0.3 is 0 Å². The normalized spacial score (nSPS) is 14.4. The monoisotopic (exact) mass is 247 g/mol. The Morgan fingerprint density at radius 1 is 1.56 bits per heavy atom. The van der Waals surface area contributed by atoms with Crippen LogP contribution in [-0.2, 0) is 0 Å². The third-order valence-corrected chi connectivity index (χ3v) is 3.17. The van der Waals surface area contributed by atoms with E-state index in [2.05, 4.69) is 16.4 Å². The predicted molar refractivity (Wildman–Crippen MR) is 70.7 cm³/mol. The molecule has 0 amide bonds. The quantitative estimate of drug-likeness (QED) is 0.493. The lowest BCUT2D eigenvalue weighted by Gasteiger charge is -2.07. The van der Waals surface area contributed by atoms with E-state index in [0.29, 0.717) is 11.4 Å². The summed E-state index contributed by atoms with van der Waals surface area (Å²) in [5.41, 5.74) is 2.21. The number of aryl methyl sites for hydroxylation is 1. The highest BCUT2D eigenvalue weighted by Crippen LogP contribution is 2.21. The van der Waals surface area contributed by atoms with Crippen molar-refractivity contribution in [1.82, 2.24) is 4.98 Å². The number of nitro groups is 1. The van der Waals surface area contributed by atoms with Crippen molar-refractivity contribution in [1.29, 1.82) is 0 Å². The van der Waals surface area contributed by atoms with Gasteiger partial charge in [0.15, 0.2) is 0 Å². The van der Waals surface area contributed by atoms with Crippen LogP contribution >= 0.6 is 0 Å². The lowest BCUT2D eigenvalue weighted by atomic mass is 10.1. The van der Waals surface area contributed by atoms with E-state index in [-0.39, 0.29) is 5.69 Å². The molecule has 1 heterocycles. The Morgan fingerprint density at radius 2 is 2.39 bits per heavy atom. The number of nitrogens with one attached hydrogen (secondary N) is 1. The van der Waals surface area contributed by atoms with Gasteiger partial charge in [-0.25, -0.2) is 4.98 Å². The highest BCUT2D eigenvalue weighted by Gasteiger charge is 2.11. The maximum Gasteiger partial charge on any atom is 0.290 e. The highest BCUT2D eigenvalue weighted by atomic mass is 16.6. The Labute approximate surface area is 106 Å². The summed E-state index contributed by atoms with van der Waals surface area (Å²) in [5, 5.41) is 13.9. The van der Waals surface area contributed by atoms with Crippen LogP contribution in [0.5, 0.6) is 0 Å². The van der Waals surface area contributed by atoms with Crippen LogP contribution in [0.4, 0.5) is 11.5 Å². The van der Waals surface area contributed by atoms with E-state index in [1.54, 1.807) is 13.0 Å². The zero-order valence-electron chi connectivity index (χ0n) is 10.5. The van der Waals surface area contributed by atoms with Crippen molar-refractivity contribution in [3.05, 3.63) is 39.6 Å². The Bertz CT molecular complexity index is 483. The maximum atomic E-state index is 10.7. The van der Waals surface area contributed by atoms with Crippen molar-refractivity contribution < 1.29 is 4.92 Å². The molecule has 96 valence electrons. The SMILES string of the molecule is Cc1cc(NCCC2=CCCC2)ncc1[N+](=O)[O-]. The van der Waals surface area contributed by atoms with Gasteiger partial charge in [0.1, 0.15) is 12.0 Å². The van der Waals surface area contributed by atoms with E-state index in [1.165, 1.54) is 31.0 Å². The van der Waals surface area contributed by atoms with Gasteiger partial charge in [-0.05, 0) is 38.7 Å². The van der Waals surface area contributed by atoms with Crippen LogP contribution in [0.3, 0.4) is 0 Å². The summed E-state index contributed by atoms with van der Waals surface area (Å²) in [7, 11) is 0. The second-order valence-electron chi connectivity index (χ2n) is 4.54. The molecule has 0 radical (unpaired) electrons. The molecule has 1 aliphatic carbocycles. The van der Waals surface area contributed by atoms with Gasteiger partial charge in [-0.2, -0.15) is 0 Å². The molecule has 1 aliphatic rings. The molecule has 0 aromatic carbocycles. The largest absolute Gasteiger partial charge is 0.370 e. The van der Waals surface area contributed by atoms with E-state index in [4.69, 9.17) is 0 Å². The van der Waals surface area contributed by atoms with Gasteiger partial charge in [0.25, 0.3) is 5.69 Å². The van der Waals surface area contributed by atoms with E-state index in [0.717, 1.165) is 13.0 Å². The van der Waals surface area contributed by atoms with Gasteiger partial charge in [0.05, 0.1) is 4.92 Å². The number of pyridine rings is 1. The van der Waals surface area contributed by atoms with E-state index >= 15 is 0 Å². The molecule has 1 aromatic heterocycles. The minimum atomic E-state index is -0.407. The van der Waals surface area contributed by atoms with Crippen LogP contribution in [-0.4, -0.2) is 16.5 Å².